The first-order valence-electron chi connectivity index (χ1n) is 14.2. The van der Waals surface area contributed by atoms with Crippen LogP contribution < -0.4 is 5.56 Å². The van der Waals surface area contributed by atoms with Gasteiger partial charge in [-0.2, -0.15) is 0 Å². The Hall–Kier alpha value is -3.43. The van der Waals surface area contributed by atoms with E-state index < -0.39 is 6.43 Å². The van der Waals surface area contributed by atoms with Gasteiger partial charge in [0.15, 0.2) is 0 Å². The molecule has 1 aromatic carbocycles. The predicted octanol–water partition coefficient (Wildman–Crippen LogP) is 8.00. The van der Waals surface area contributed by atoms with E-state index >= 15 is 0 Å². The van der Waals surface area contributed by atoms with Crippen LogP contribution in [-0.4, -0.2) is 38.4 Å². The molecule has 1 aliphatic rings. The standard InChI is InChI=1S/C32H33ClF2N4O2S/c1-4-20-8-10-22(33)15-27(20)39-28(14-19(2)3)23(31(40)38-12-6-5-7-13-38)16-24(32(39)41)30-37-26(18-42-30)21-9-11-25(29(34)35)36-17-21/h8-11,15-19,29H,4-7,12-14H2,1-3H3. The number of hydrogen-bond acceptors (Lipinski definition) is 5. The predicted molar refractivity (Wildman–Crippen MR) is 164 cm³/mol. The highest BCUT2D eigenvalue weighted by Crippen LogP contribution is 2.32. The Labute approximate surface area is 253 Å². The Bertz CT molecular complexity index is 1640. The van der Waals surface area contributed by atoms with Gasteiger partial charge in [-0.15, -0.1) is 11.3 Å². The maximum absolute atomic E-state index is 14.4. The van der Waals surface area contributed by atoms with Gasteiger partial charge in [0.25, 0.3) is 17.9 Å². The molecule has 0 saturated carbocycles. The number of piperidine rings is 1. The summed E-state index contributed by atoms with van der Waals surface area (Å²) in [4.78, 5) is 39.0. The highest BCUT2D eigenvalue weighted by atomic mass is 35.5. The van der Waals surface area contributed by atoms with E-state index in [4.69, 9.17) is 16.6 Å². The average Bonchev–Trinajstić information content (AvgIpc) is 3.47. The lowest BCUT2D eigenvalue weighted by Gasteiger charge is -2.29. The first-order valence-corrected chi connectivity index (χ1v) is 15.5. The Balaban J connectivity index is 1.74. The summed E-state index contributed by atoms with van der Waals surface area (Å²) in [6.07, 6.45) is 2.86. The van der Waals surface area contributed by atoms with Gasteiger partial charge in [-0.25, -0.2) is 13.8 Å². The van der Waals surface area contributed by atoms with Crippen molar-refractivity contribution >= 4 is 28.8 Å². The van der Waals surface area contributed by atoms with E-state index in [2.05, 4.69) is 18.8 Å². The van der Waals surface area contributed by atoms with Crippen LogP contribution in [0, 0.1) is 5.92 Å². The summed E-state index contributed by atoms with van der Waals surface area (Å²) < 4.78 is 27.7. The summed E-state index contributed by atoms with van der Waals surface area (Å²) >= 11 is 7.73. The summed E-state index contributed by atoms with van der Waals surface area (Å²) in [7, 11) is 0. The number of thiazole rings is 1. The van der Waals surface area contributed by atoms with Crippen molar-refractivity contribution in [1.29, 1.82) is 0 Å². The van der Waals surface area contributed by atoms with Crippen molar-refractivity contribution in [2.75, 3.05) is 13.1 Å². The van der Waals surface area contributed by atoms with Crippen LogP contribution in [0.25, 0.3) is 27.5 Å². The first kappa shape index (κ1) is 30.0. The van der Waals surface area contributed by atoms with Crippen LogP contribution in [0.5, 0.6) is 0 Å². The number of carbonyl (C=O) groups excluding carboxylic acids is 1. The minimum absolute atomic E-state index is 0.0935. The molecule has 10 heteroatoms. The fraction of sp³-hybridized carbons (Fsp3) is 0.375. The molecule has 42 heavy (non-hydrogen) atoms. The van der Waals surface area contributed by atoms with E-state index in [1.165, 1.54) is 23.6 Å². The number of benzene rings is 1. The van der Waals surface area contributed by atoms with Crippen LogP contribution in [-0.2, 0) is 12.8 Å². The second-order valence-corrected chi connectivity index (χ2v) is 12.2. The molecular weight excluding hydrogens is 578 g/mol. The number of aryl methyl sites for hydroxylation is 1. The topological polar surface area (TPSA) is 68.1 Å². The minimum Gasteiger partial charge on any atom is -0.339 e. The molecule has 0 spiro atoms. The molecule has 6 nitrogen and oxygen atoms in total. The number of alkyl halides is 2. The molecule has 0 N–H and O–H groups in total. The highest BCUT2D eigenvalue weighted by Gasteiger charge is 2.28. The molecule has 0 bridgehead atoms. The second kappa shape index (κ2) is 12.8. The summed E-state index contributed by atoms with van der Waals surface area (Å²) in [5.41, 5.74) is 3.52. The first-order chi connectivity index (χ1) is 20.2. The Morgan fingerprint density at radius 2 is 1.86 bits per heavy atom. The quantitative estimate of drug-likeness (QED) is 0.203. The molecular formula is C32H33ClF2N4O2S. The van der Waals surface area contributed by atoms with Gasteiger partial charge in [0.05, 0.1) is 22.5 Å². The van der Waals surface area contributed by atoms with E-state index in [0.29, 0.717) is 69.7 Å². The number of aromatic nitrogens is 3. The third kappa shape index (κ3) is 6.17. The van der Waals surface area contributed by atoms with E-state index in [1.807, 2.05) is 17.9 Å². The van der Waals surface area contributed by atoms with Gasteiger partial charge < -0.3 is 4.90 Å². The Kier molecular flexibility index (Phi) is 9.18. The molecule has 1 fully saturated rings. The maximum atomic E-state index is 14.4. The lowest BCUT2D eigenvalue weighted by atomic mass is 9.98. The SMILES string of the molecule is CCc1ccc(Cl)cc1-n1c(CC(C)C)c(C(=O)N2CCCCC2)cc(-c2nc(-c3ccc(C(F)F)nc3)cs2)c1=O. The average molecular weight is 611 g/mol. The zero-order valence-electron chi connectivity index (χ0n) is 23.9. The van der Waals surface area contributed by atoms with Crippen molar-refractivity contribution in [3.8, 4) is 27.5 Å². The van der Waals surface area contributed by atoms with Crippen LogP contribution in [0.4, 0.5) is 8.78 Å². The molecule has 0 aliphatic carbocycles. The molecule has 0 radical (unpaired) electrons. The van der Waals surface area contributed by atoms with Crippen LogP contribution >= 0.6 is 22.9 Å². The van der Waals surface area contributed by atoms with Gasteiger partial charge in [-0.1, -0.05) is 38.4 Å². The van der Waals surface area contributed by atoms with E-state index in [9.17, 15) is 18.4 Å². The fourth-order valence-corrected chi connectivity index (χ4v) is 6.36. The molecule has 1 saturated heterocycles. The molecule has 1 aliphatic heterocycles. The molecule has 5 rings (SSSR count). The number of hydrogen-bond donors (Lipinski definition) is 0. The van der Waals surface area contributed by atoms with Crippen LogP contribution in [0.1, 0.15) is 73.8 Å². The summed E-state index contributed by atoms with van der Waals surface area (Å²) in [6.45, 7) is 7.50. The number of likely N-dealkylation sites (tertiary alicyclic amines) is 1. The molecule has 220 valence electrons. The Morgan fingerprint density at radius 1 is 1.10 bits per heavy atom. The molecule has 4 heterocycles. The van der Waals surface area contributed by atoms with E-state index in [-0.39, 0.29) is 23.1 Å². The molecule has 0 atom stereocenters. The normalized spacial score (nSPS) is 13.8. The smallest absolute Gasteiger partial charge is 0.280 e. The van der Waals surface area contributed by atoms with E-state index in [0.717, 1.165) is 24.8 Å². The lowest BCUT2D eigenvalue weighted by molar-refractivity contribution is 0.0722. The van der Waals surface area contributed by atoms with Gasteiger partial charge in [0.1, 0.15) is 10.7 Å². The second-order valence-electron chi connectivity index (χ2n) is 10.9. The van der Waals surface area contributed by atoms with Crippen molar-refractivity contribution < 1.29 is 13.6 Å². The summed E-state index contributed by atoms with van der Waals surface area (Å²) in [6, 6.07) is 10.0. The molecule has 0 unspecified atom stereocenters. The van der Waals surface area contributed by atoms with Crippen molar-refractivity contribution in [2.24, 2.45) is 5.92 Å². The highest BCUT2D eigenvalue weighted by molar-refractivity contribution is 7.13. The number of pyridine rings is 2. The molecule has 4 aromatic rings. The zero-order chi connectivity index (χ0) is 30.0. The number of amides is 1. The van der Waals surface area contributed by atoms with Gasteiger partial charge >= 0.3 is 0 Å². The van der Waals surface area contributed by atoms with Crippen LogP contribution in [0.3, 0.4) is 0 Å². The monoisotopic (exact) mass is 610 g/mol. The van der Waals surface area contributed by atoms with E-state index in [1.54, 1.807) is 34.2 Å². The third-order valence-electron chi connectivity index (χ3n) is 7.49. The number of halogens is 3. The number of nitrogens with zero attached hydrogens (tertiary/aromatic N) is 4. The molecule has 1 amide bonds. The number of rotatable bonds is 8. The Morgan fingerprint density at radius 3 is 2.50 bits per heavy atom. The van der Waals surface area contributed by atoms with Gasteiger partial charge in [-0.05, 0) is 73.9 Å². The van der Waals surface area contributed by atoms with Gasteiger partial charge in [0.2, 0.25) is 0 Å². The van der Waals surface area contributed by atoms with Gasteiger partial charge in [0, 0.05) is 40.9 Å². The van der Waals surface area contributed by atoms with Crippen molar-refractivity contribution in [3.05, 3.63) is 85.9 Å². The lowest BCUT2D eigenvalue weighted by Crippen LogP contribution is -2.38. The van der Waals surface area contributed by atoms with Crippen LogP contribution in [0.15, 0.2) is 52.8 Å². The van der Waals surface area contributed by atoms with Crippen molar-refractivity contribution in [1.82, 2.24) is 19.4 Å². The molecule has 3 aromatic heterocycles. The third-order valence-corrected chi connectivity index (χ3v) is 8.60. The summed E-state index contributed by atoms with van der Waals surface area (Å²) in [5, 5.41) is 2.70. The minimum atomic E-state index is -2.66. The number of carbonyl (C=O) groups is 1. The maximum Gasteiger partial charge on any atom is 0.280 e. The zero-order valence-corrected chi connectivity index (χ0v) is 25.4. The summed E-state index contributed by atoms with van der Waals surface area (Å²) in [5.74, 6) is 0.0813. The van der Waals surface area contributed by atoms with Gasteiger partial charge in [-0.3, -0.25) is 19.1 Å². The van der Waals surface area contributed by atoms with Crippen LogP contribution in [0.2, 0.25) is 5.02 Å². The van der Waals surface area contributed by atoms with Crippen molar-refractivity contribution in [2.45, 2.75) is 59.3 Å². The van der Waals surface area contributed by atoms with Crippen molar-refractivity contribution in [3.63, 3.8) is 0 Å². The fourth-order valence-electron chi connectivity index (χ4n) is 5.36. The largest absolute Gasteiger partial charge is 0.339 e.